The summed E-state index contributed by atoms with van der Waals surface area (Å²) in [6.45, 7) is 6.86. The molecule has 0 unspecified atom stereocenters. The fraction of sp³-hybridized carbons (Fsp3) is 0.611. The highest BCUT2D eigenvalue weighted by molar-refractivity contribution is 6.00. The normalized spacial score (nSPS) is 16.9. The maximum Gasteiger partial charge on any atom is 0.180 e. The zero-order chi connectivity index (χ0) is 15.2. The van der Waals surface area contributed by atoms with Crippen molar-refractivity contribution in [2.24, 2.45) is 5.92 Å². The minimum Gasteiger partial charge on any atom is -0.496 e. The quantitative estimate of drug-likeness (QED) is 0.748. The van der Waals surface area contributed by atoms with Crippen LogP contribution >= 0.6 is 0 Å². The maximum absolute atomic E-state index is 12.5. The van der Waals surface area contributed by atoms with E-state index in [1.807, 2.05) is 25.1 Å². The molecule has 0 saturated carbocycles. The molecule has 21 heavy (non-hydrogen) atoms. The number of likely N-dealkylation sites (tertiary alicyclic amines) is 1. The number of hydrogen-bond acceptors (Lipinski definition) is 3. The van der Waals surface area contributed by atoms with Crippen LogP contribution in [-0.2, 0) is 0 Å². The molecule has 0 spiro atoms. The van der Waals surface area contributed by atoms with E-state index in [0.29, 0.717) is 17.9 Å². The van der Waals surface area contributed by atoms with Crippen molar-refractivity contribution < 1.29 is 9.53 Å². The number of hydrogen-bond donors (Lipinski definition) is 0. The Labute approximate surface area is 128 Å². The van der Waals surface area contributed by atoms with Crippen molar-refractivity contribution in [2.75, 3.05) is 26.7 Å². The number of carbonyl (C=O) groups is 1. The molecule has 0 amide bonds. The summed E-state index contributed by atoms with van der Waals surface area (Å²) in [5.74, 6) is 1.72. The van der Waals surface area contributed by atoms with E-state index >= 15 is 0 Å². The first-order valence-corrected chi connectivity index (χ1v) is 8.04. The van der Waals surface area contributed by atoms with Crippen LogP contribution in [0.3, 0.4) is 0 Å². The fourth-order valence-corrected chi connectivity index (χ4v) is 3.16. The predicted molar refractivity (Wildman–Crippen MR) is 86.1 cm³/mol. The number of methoxy groups -OCH3 is 1. The molecule has 2 rings (SSSR count). The molecule has 0 atom stereocenters. The van der Waals surface area contributed by atoms with E-state index in [4.69, 9.17) is 4.74 Å². The Balaban J connectivity index is 1.93. The van der Waals surface area contributed by atoms with Crippen molar-refractivity contribution in [1.82, 2.24) is 4.90 Å². The number of Topliss-reactive ketones (excluding diaryl/α,β-unsaturated/α-hetero) is 1. The first-order valence-electron chi connectivity index (χ1n) is 8.04. The van der Waals surface area contributed by atoms with E-state index in [-0.39, 0.29) is 5.78 Å². The number of nitrogens with zero attached hydrogens (tertiary/aromatic N) is 1. The molecule has 1 aliphatic heterocycles. The molecule has 1 fully saturated rings. The largest absolute Gasteiger partial charge is 0.496 e. The van der Waals surface area contributed by atoms with Crippen LogP contribution < -0.4 is 4.74 Å². The summed E-state index contributed by atoms with van der Waals surface area (Å²) in [6, 6.07) is 5.80. The number of ether oxygens (including phenoxy) is 1. The van der Waals surface area contributed by atoms with Gasteiger partial charge in [-0.1, -0.05) is 25.8 Å². The Morgan fingerprint density at radius 1 is 1.33 bits per heavy atom. The van der Waals surface area contributed by atoms with E-state index in [2.05, 4.69) is 11.8 Å². The molecule has 0 N–H and O–H groups in total. The first-order chi connectivity index (χ1) is 10.1. The predicted octanol–water partition coefficient (Wildman–Crippen LogP) is 3.70. The molecule has 0 aliphatic carbocycles. The number of ketones is 1. The number of rotatable bonds is 6. The molecule has 0 radical (unpaired) electrons. The molecular formula is C18H27NO2. The van der Waals surface area contributed by atoms with Crippen molar-refractivity contribution in [1.29, 1.82) is 0 Å². The van der Waals surface area contributed by atoms with Gasteiger partial charge in [-0.15, -0.1) is 0 Å². The van der Waals surface area contributed by atoms with Crippen molar-refractivity contribution in [2.45, 2.75) is 39.5 Å². The molecular weight excluding hydrogens is 262 g/mol. The summed E-state index contributed by atoms with van der Waals surface area (Å²) in [5, 5.41) is 0. The van der Waals surface area contributed by atoms with E-state index in [1.54, 1.807) is 7.11 Å². The second-order valence-electron chi connectivity index (χ2n) is 6.14. The number of carbonyl (C=O) groups excluding carboxylic acids is 1. The van der Waals surface area contributed by atoms with Crippen molar-refractivity contribution in [3.05, 3.63) is 29.3 Å². The Morgan fingerprint density at radius 2 is 2.05 bits per heavy atom. The van der Waals surface area contributed by atoms with Crippen LogP contribution in [0.4, 0.5) is 0 Å². The highest BCUT2D eigenvalue weighted by atomic mass is 16.5. The highest BCUT2D eigenvalue weighted by Gasteiger charge is 2.22. The third kappa shape index (κ3) is 4.31. The average molecular weight is 289 g/mol. The van der Waals surface area contributed by atoms with E-state index in [1.165, 1.54) is 25.7 Å². The van der Waals surface area contributed by atoms with Crippen molar-refractivity contribution >= 4 is 5.78 Å². The second kappa shape index (κ2) is 7.60. The van der Waals surface area contributed by atoms with Crippen LogP contribution in [0, 0.1) is 12.8 Å². The van der Waals surface area contributed by atoms with Gasteiger partial charge in [-0.05, 0) is 56.5 Å². The molecule has 3 heteroatoms. The SMILES string of the molecule is CCCC1CCN(CC(=O)c2ccc(C)cc2OC)CC1. The highest BCUT2D eigenvalue weighted by Crippen LogP contribution is 2.24. The molecule has 1 saturated heterocycles. The van der Waals surface area contributed by atoms with Gasteiger partial charge in [-0.2, -0.15) is 0 Å². The summed E-state index contributed by atoms with van der Waals surface area (Å²) in [4.78, 5) is 14.8. The molecule has 0 bridgehead atoms. The van der Waals surface area contributed by atoms with Gasteiger partial charge in [-0.3, -0.25) is 9.69 Å². The molecule has 1 aliphatic rings. The number of piperidine rings is 1. The molecule has 116 valence electrons. The molecule has 0 aromatic heterocycles. The van der Waals surface area contributed by atoms with Gasteiger partial charge in [0.1, 0.15) is 5.75 Å². The van der Waals surface area contributed by atoms with Crippen LogP contribution in [0.15, 0.2) is 18.2 Å². The molecule has 1 aromatic carbocycles. The van der Waals surface area contributed by atoms with E-state index in [9.17, 15) is 4.79 Å². The van der Waals surface area contributed by atoms with Gasteiger partial charge in [0.15, 0.2) is 5.78 Å². The summed E-state index contributed by atoms with van der Waals surface area (Å²) in [7, 11) is 1.63. The summed E-state index contributed by atoms with van der Waals surface area (Å²) in [6.07, 6.45) is 5.05. The van der Waals surface area contributed by atoms with Crippen LogP contribution in [0.2, 0.25) is 0 Å². The zero-order valence-corrected chi connectivity index (χ0v) is 13.5. The van der Waals surface area contributed by atoms with Gasteiger partial charge < -0.3 is 4.74 Å². The summed E-state index contributed by atoms with van der Waals surface area (Å²) < 4.78 is 5.35. The Bertz CT molecular complexity index is 476. The molecule has 3 nitrogen and oxygen atoms in total. The lowest BCUT2D eigenvalue weighted by Crippen LogP contribution is -2.37. The van der Waals surface area contributed by atoms with Crippen LogP contribution in [0.25, 0.3) is 0 Å². The smallest absolute Gasteiger partial charge is 0.180 e. The third-order valence-electron chi connectivity index (χ3n) is 4.43. The maximum atomic E-state index is 12.5. The monoisotopic (exact) mass is 289 g/mol. The Hall–Kier alpha value is -1.35. The average Bonchev–Trinajstić information content (AvgIpc) is 2.49. The van der Waals surface area contributed by atoms with Gasteiger partial charge in [0.05, 0.1) is 19.2 Å². The van der Waals surface area contributed by atoms with Gasteiger partial charge in [-0.25, -0.2) is 0 Å². The van der Waals surface area contributed by atoms with Gasteiger partial charge in [0, 0.05) is 0 Å². The minimum absolute atomic E-state index is 0.167. The van der Waals surface area contributed by atoms with Crippen LogP contribution in [0.5, 0.6) is 5.75 Å². The summed E-state index contributed by atoms with van der Waals surface area (Å²) in [5.41, 5.74) is 1.82. The van der Waals surface area contributed by atoms with Gasteiger partial charge in [0.2, 0.25) is 0 Å². The standard InChI is InChI=1S/C18H27NO2/c1-4-5-15-8-10-19(11-9-15)13-17(20)16-7-6-14(2)12-18(16)21-3/h6-7,12,15H,4-5,8-11,13H2,1-3H3. The lowest BCUT2D eigenvalue weighted by Gasteiger charge is -2.31. The van der Waals surface area contributed by atoms with Crippen LogP contribution in [-0.4, -0.2) is 37.4 Å². The topological polar surface area (TPSA) is 29.5 Å². The number of aryl methyl sites for hydroxylation is 1. The molecule has 1 heterocycles. The van der Waals surface area contributed by atoms with Crippen molar-refractivity contribution in [3.63, 3.8) is 0 Å². The van der Waals surface area contributed by atoms with E-state index in [0.717, 1.165) is 24.6 Å². The first kappa shape index (κ1) is 16.0. The zero-order valence-electron chi connectivity index (χ0n) is 13.5. The van der Waals surface area contributed by atoms with Gasteiger partial charge >= 0.3 is 0 Å². The third-order valence-corrected chi connectivity index (χ3v) is 4.43. The Kier molecular flexibility index (Phi) is 5.80. The van der Waals surface area contributed by atoms with E-state index < -0.39 is 0 Å². The molecule has 1 aromatic rings. The Morgan fingerprint density at radius 3 is 2.67 bits per heavy atom. The lowest BCUT2D eigenvalue weighted by atomic mass is 9.92. The minimum atomic E-state index is 0.167. The summed E-state index contributed by atoms with van der Waals surface area (Å²) >= 11 is 0. The van der Waals surface area contributed by atoms with Gasteiger partial charge in [0.25, 0.3) is 0 Å². The van der Waals surface area contributed by atoms with Crippen molar-refractivity contribution in [3.8, 4) is 5.75 Å². The van der Waals surface area contributed by atoms with Crippen LogP contribution in [0.1, 0.15) is 48.5 Å². The lowest BCUT2D eigenvalue weighted by molar-refractivity contribution is 0.0890. The second-order valence-corrected chi connectivity index (χ2v) is 6.14. The number of benzene rings is 1. The fourth-order valence-electron chi connectivity index (χ4n) is 3.16.